The molecule has 0 radical (unpaired) electrons. The Morgan fingerprint density at radius 1 is 1.43 bits per heavy atom. The molecule has 2 N–H and O–H groups in total. The van der Waals surface area contributed by atoms with Crippen molar-refractivity contribution < 1.29 is 31.9 Å². The molecule has 2 rings (SSSR count). The largest absolute Gasteiger partial charge is 0.502 e. The first-order valence-corrected chi connectivity index (χ1v) is 8.33. The van der Waals surface area contributed by atoms with Gasteiger partial charge in [-0.15, -0.1) is 0 Å². The number of rotatable bonds is 4. The maximum atomic E-state index is 14.0. The zero-order valence-electron chi connectivity index (χ0n) is 11.9. The van der Waals surface area contributed by atoms with E-state index in [-0.39, 0.29) is 10.6 Å². The summed E-state index contributed by atoms with van der Waals surface area (Å²) in [6.07, 6.45) is 0.819. The number of benzene rings is 1. The molecule has 0 unspecified atom stereocenters. The van der Waals surface area contributed by atoms with E-state index in [9.17, 15) is 22.7 Å². The van der Waals surface area contributed by atoms with Crippen LogP contribution in [0.2, 0.25) is 5.02 Å². The number of aromatic hydroxyl groups is 1. The highest BCUT2D eigenvalue weighted by molar-refractivity contribution is 7.92. The van der Waals surface area contributed by atoms with Crippen LogP contribution in [0.3, 0.4) is 0 Å². The van der Waals surface area contributed by atoms with Crippen molar-refractivity contribution in [1.82, 2.24) is 0 Å². The summed E-state index contributed by atoms with van der Waals surface area (Å²) in [6.45, 7) is 1.03. The number of halogens is 2. The van der Waals surface area contributed by atoms with Gasteiger partial charge in [0.15, 0.2) is 5.76 Å². The summed E-state index contributed by atoms with van der Waals surface area (Å²) in [6, 6.07) is 3.75. The van der Waals surface area contributed by atoms with Crippen LogP contribution in [0.15, 0.2) is 22.6 Å². The monoisotopic (exact) mass is 363 g/mol. The molecule has 124 valence electrons. The number of carbonyl (C=O) groups is 1. The van der Waals surface area contributed by atoms with E-state index in [0.29, 0.717) is 0 Å². The van der Waals surface area contributed by atoms with Crippen LogP contribution in [0.5, 0.6) is 11.5 Å². The molecule has 0 spiro atoms. The van der Waals surface area contributed by atoms with Gasteiger partial charge in [-0.1, -0.05) is 17.7 Å². The number of ether oxygens (including phenoxy) is 1. The van der Waals surface area contributed by atoms with Crippen LogP contribution in [-0.4, -0.2) is 25.7 Å². The quantitative estimate of drug-likeness (QED) is 0.809. The molecular weight excluding hydrogens is 353 g/mol. The Morgan fingerprint density at radius 3 is 2.61 bits per heavy atom. The predicted octanol–water partition coefficient (Wildman–Crippen LogP) is 2.74. The summed E-state index contributed by atoms with van der Waals surface area (Å²) in [5.41, 5.74) is -0.304. The lowest BCUT2D eigenvalue weighted by atomic mass is 10.1. The van der Waals surface area contributed by atoms with Crippen molar-refractivity contribution >= 4 is 33.5 Å². The van der Waals surface area contributed by atoms with Gasteiger partial charge in [0.05, 0.1) is 16.8 Å². The zero-order chi connectivity index (χ0) is 17.4. The van der Waals surface area contributed by atoms with E-state index in [4.69, 9.17) is 20.8 Å². The fourth-order valence-corrected chi connectivity index (χ4v) is 2.49. The minimum atomic E-state index is -3.81. The van der Waals surface area contributed by atoms with Crippen LogP contribution in [0.25, 0.3) is 11.3 Å². The lowest BCUT2D eigenvalue weighted by Crippen LogP contribution is -2.11. The summed E-state index contributed by atoms with van der Waals surface area (Å²) in [5.74, 6) is -4.06. The Bertz CT molecular complexity index is 857. The molecule has 0 bridgehead atoms. The standard InChI is InChI=1S/C13H11ClFNO6S/c1-6(17)21-12-10(18)11(22-13(12)16-23(2,19)20)9-7(14)4-3-5-8(9)15/h3-5,16,18H,1-2H3. The van der Waals surface area contributed by atoms with Crippen molar-refractivity contribution in [2.24, 2.45) is 0 Å². The van der Waals surface area contributed by atoms with Gasteiger partial charge in [0.1, 0.15) is 5.82 Å². The van der Waals surface area contributed by atoms with Crippen molar-refractivity contribution in [2.45, 2.75) is 6.92 Å². The van der Waals surface area contributed by atoms with Gasteiger partial charge in [-0.25, -0.2) is 12.8 Å². The first-order valence-electron chi connectivity index (χ1n) is 6.06. The number of sulfonamides is 1. The molecule has 0 atom stereocenters. The molecule has 0 aliphatic heterocycles. The molecule has 0 fully saturated rings. The van der Waals surface area contributed by atoms with Gasteiger partial charge < -0.3 is 14.3 Å². The minimum Gasteiger partial charge on any atom is -0.502 e. The smallest absolute Gasteiger partial charge is 0.308 e. The number of furan rings is 1. The first kappa shape index (κ1) is 17.1. The Hall–Kier alpha value is -2.26. The summed E-state index contributed by atoms with van der Waals surface area (Å²) in [7, 11) is -3.81. The maximum Gasteiger partial charge on any atom is 0.308 e. The van der Waals surface area contributed by atoms with Crippen LogP contribution in [0.4, 0.5) is 10.3 Å². The van der Waals surface area contributed by atoms with Gasteiger partial charge >= 0.3 is 5.97 Å². The van der Waals surface area contributed by atoms with Crippen LogP contribution in [0, 0.1) is 5.82 Å². The van der Waals surface area contributed by atoms with Crippen molar-refractivity contribution in [1.29, 1.82) is 0 Å². The SMILES string of the molecule is CC(=O)Oc1c(NS(C)(=O)=O)oc(-c2c(F)cccc2Cl)c1O. The van der Waals surface area contributed by atoms with E-state index < -0.39 is 45.0 Å². The molecule has 0 aliphatic carbocycles. The van der Waals surface area contributed by atoms with E-state index in [0.717, 1.165) is 19.2 Å². The number of hydrogen-bond donors (Lipinski definition) is 2. The molecular formula is C13H11ClFNO6S. The molecule has 23 heavy (non-hydrogen) atoms. The fraction of sp³-hybridized carbons (Fsp3) is 0.154. The van der Waals surface area contributed by atoms with Crippen molar-refractivity contribution in [3.05, 3.63) is 29.0 Å². The van der Waals surface area contributed by atoms with Gasteiger partial charge in [-0.2, -0.15) is 0 Å². The molecule has 2 aromatic rings. The van der Waals surface area contributed by atoms with Gasteiger partial charge in [-0.3, -0.25) is 9.52 Å². The molecule has 1 aromatic carbocycles. The van der Waals surface area contributed by atoms with Gasteiger partial charge in [0, 0.05) is 6.92 Å². The van der Waals surface area contributed by atoms with E-state index in [1.165, 1.54) is 12.1 Å². The zero-order valence-corrected chi connectivity index (χ0v) is 13.5. The summed E-state index contributed by atoms with van der Waals surface area (Å²) in [5, 5.41) is 10.0. The summed E-state index contributed by atoms with van der Waals surface area (Å²) in [4.78, 5) is 11.1. The Labute approximate surface area is 135 Å². The third-order valence-electron chi connectivity index (χ3n) is 2.55. The first-order chi connectivity index (χ1) is 10.6. The predicted molar refractivity (Wildman–Crippen MR) is 80.6 cm³/mol. The highest BCUT2D eigenvalue weighted by atomic mass is 35.5. The van der Waals surface area contributed by atoms with E-state index >= 15 is 0 Å². The van der Waals surface area contributed by atoms with Crippen molar-refractivity contribution in [2.75, 3.05) is 11.0 Å². The van der Waals surface area contributed by atoms with Gasteiger partial charge in [0.2, 0.25) is 21.5 Å². The van der Waals surface area contributed by atoms with Gasteiger partial charge in [-0.05, 0) is 12.1 Å². The topological polar surface area (TPSA) is 106 Å². The second-order valence-electron chi connectivity index (χ2n) is 4.50. The second kappa shape index (κ2) is 6.09. The lowest BCUT2D eigenvalue weighted by Gasteiger charge is -2.03. The summed E-state index contributed by atoms with van der Waals surface area (Å²) >= 11 is 5.88. The number of nitrogens with one attached hydrogen (secondary N) is 1. The fourth-order valence-electron chi connectivity index (χ4n) is 1.77. The molecule has 0 aliphatic rings. The van der Waals surface area contributed by atoms with Crippen LogP contribution < -0.4 is 9.46 Å². The average Bonchev–Trinajstić information content (AvgIpc) is 2.65. The van der Waals surface area contributed by atoms with Crippen LogP contribution in [0.1, 0.15) is 6.92 Å². The normalized spacial score (nSPS) is 11.3. The van der Waals surface area contributed by atoms with Crippen molar-refractivity contribution in [3.8, 4) is 22.8 Å². The number of hydrogen-bond acceptors (Lipinski definition) is 6. The van der Waals surface area contributed by atoms with Crippen LogP contribution >= 0.6 is 11.6 Å². The number of carbonyl (C=O) groups excluding carboxylic acids is 1. The average molecular weight is 364 g/mol. The highest BCUT2D eigenvalue weighted by Crippen LogP contribution is 2.48. The summed E-state index contributed by atoms with van der Waals surface area (Å²) < 4.78 is 48.4. The maximum absolute atomic E-state index is 14.0. The molecule has 0 saturated carbocycles. The lowest BCUT2D eigenvalue weighted by molar-refractivity contribution is -0.131. The third-order valence-corrected chi connectivity index (χ3v) is 3.43. The molecule has 0 saturated heterocycles. The third kappa shape index (κ3) is 3.74. The van der Waals surface area contributed by atoms with Gasteiger partial charge in [0.25, 0.3) is 5.88 Å². The molecule has 1 heterocycles. The molecule has 10 heteroatoms. The molecule has 7 nitrogen and oxygen atoms in total. The van der Waals surface area contributed by atoms with E-state index in [1.807, 2.05) is 4.72 Å². The molecule has 0 amide bonds. The Balaban J connectivity index is 2.69. The molecule has 1 aromatic heterocycles. The van der Waals surface area contributed by atoms with E-state index in [2.05, 4.69) is 0 Å². The highest BCUT2D eigenvalue weighted by Gasteiger charge is 2.28. The minimum absolute atomic E-state index is 0.0886. The second-order valence-corrected chi connectivity index (χ2v) is 6.66. The van der Waals surface area contributed by atoms with E-state index in [1.54, 1.807) is 0 Å². The number of esters is 1. The Kier molecular flexibility index (Phi) is 4.53. The van der Waals surface area contributed by atoms with Crippen LogP contribution in [-0.2, 0) is 14.8 Å². The van der Waals surface area contributed by atoms with Crippen molar-refractivity contribution in [3.63, 3.8) is 0 Å². The number of anilines is 1. The Morgan fingerprint density at radius 2 is 2.09 bits per heavy atom.